The van der Waals surface area contributed by atoms with Crippen molar-refractivity contribution >= 4 is 11.6 Å². The second-order valence-electron chi connectivity index (χ2n) is 4.66. The average molecular weight is 282 g/mol. The maximum Gasteiger partial charge on any atom is 0.273 e. The molecule has 0 saturated heterocycles. The van der Waals surface area contributed by atoms with Crippen LogP contribution in [-0.2, 0) is 0 Å². The first-order chi connectivity index (χ1) is 9.36. The normalized spacial score (nSPS) is 12.1. The lowest BCUT2D eigenvalue weighted by molar-refractivity contribution is -0.384. The Kier molecular flexibility index (Phi) is 5.45. The van der Waals surface area contributed by atoms with Gasteiger partial charge in [-0.2, -0.15) is 0 Å². The summed E-state index contributed by atoms with van der Waals surface area (Å²) in [6, 6.07) is 3.75. The highest BCUT2D eigenvalue weighted by Gasteiger charge is 2.18. The van der Waals surface area contributed by atoms with E-state index in [1.54, 1.807) is 0 Å². The lowest BCUT2D eigenvalue weighted by atomic mass is 10.1. The number of non-ortho nitro benzene ring substituents is 1. The molecule has 1 amide bonds. The van der Waals surface area contributed by atoms with Crippen LogP contribution in [0.25, 0.3) is 0 Å². The zero-order valence-electron chi connectivity index (χ0n) is 11.6. The van der Waals surface area contributed by atoms with Crippen LogP contribution < -0.4 is 10.1 Å². The fourth-order valence-electron chi connectivity index (χ4n) is 1.51. The standard InChI is InChI=1S/C13H18N2O5/c1-8(2)11(16)7-14-13(17)10-5-4-9(15(18)19)6-12(10)20-3/h4-6,8,11,16H,7H2,1-3H3,(H,14,17). The van der Waals surface area contributed by atoms with Crippen molar-refractivity contribution in [2.45, 2.75) is 20.0 Å². The minimum atomic E-state index is -0.650. The number of hydrogen-bond donors (Lipinski definition) is 2. The summed E-state index contributed by atoms with van der Waals surface area (Å²) in [5.41, 5.74) is 0.0367. The molecule has 7 heteroatoms. The third kappa shape index (κ3) is 3.92. The van der Waals surface area contributed by atoms with Gasteiger partial charge in [-0.25, -0.2) is 0 Å². The summed E-state index contributed by atoms with van der Waals surface area (Å²) in [6.45, 7) is 3.78. The van der Waals surface area contributed by atoms with Crippen molar-refractivity contribution in [3.63, 3.8) is 0 Å². The van der Waals surface area contributed by atoms with Crippen LogP contribution in [-0.4, -0.2) is 35.7 Å². The molecule has 0 aliphatic heterocycles. The fraction of sp³-hybridized carbons (Fsp3) is 0.462. The molecule has 0 spiro atoms. The Bertz CT molecular complexity index is 502. The zero-order chi connectivity index (χ0) is 15.3. The lowest BCUT2D eigenvalue weighted by Gasteiger charge is -2.15. The van der Waals surface area contributed by atoms with Crippen LogP contribution in [0.4, 0.5) is 5.69 Å². The lowest BCUT2D eigenvalue weighted by Crippen LogP contribution is -2.34. The van der Waals surface area contributed by atoms with Crippen LogP contribution >= 0.6 is 0 Å². The summed E-state index contributed by atoms with van der Waals surface area (Å²) in [5.74, 6) is -0.304. The molecule has 1 aromatic carbocycles. The maximum atomic E-state index is 12.0. The number of hydrogen-bond acceptors (Lipinski definition) is 5. The molecule has 7 nitrogen and oxygen atoms in total. The molecule has 0 fully saturated rings. The molecular formula is C13H18N2O5. The molecule has 0 aliphatic carbocycles. The Balaban J connectivity index is 2.85. The van der Waals surface area contributed by atoms with Gasteiger partial charge in [-0.3, -0.25) is 14.9 Å². The number of nitrogens with zero attached hydrogens (tertiary/aromatic N) is 1. The molecule has 20 heavy (non-hydrogen) atoms. The maximum absolute atomic E-state index is 12.0. The van der Waals surface area contributed by atoms with E-state index < -0.39 is 16.9 Å². The molecule has 1 unspecified atom stereocenters. The van der Waals surface area contributed by atoms with E-state index in [0.29, 0.717) is 0 Å². The average Bonchev–Trinajstić information content (AvgIpc) is 2.43. The summed E-state index contributed by atoms with van der Waals surface area (Å²) < 4.78 is 4.98. The second kappa shape index (κ2) is 6.85. The summed E-state index contributed by atoms with van der Waals surface area (Å²) in [5, 5.41) is 22.9. The fourth-order valence-corrected chi connectivity index (χ4v) is 1.51. The van der Waals surface area contributed by atoms with Crippen molar-refractivity contribution in [2.75, 3.05) is 13.7 Å². The van der Waals surface area contributed by atoms with Gasteiger partial charge in [0.15, 0.2) is 0 Å². The van der Waals surface area contributed by atoms with E-state index in [1.807, 2.05) is 13.8 Å². The van der Waals surface area contributed by atoms with Gasteiger partial charge in [-0.1, -0.05) is 13.8 Å². The number of aliphatic hydroxyl groups excluding tert-OH is 1. The van der Waals surface area contributed by atoms with Gasteiger partial charge in [0.05, 0.1) is 29.8 Å². The van der Waals surface area contributed by atoms with Crippen LogP contribution in [0, 0.1) is 16.0 Å². The highest BCUT2D eigenvalue weighted by Crippen LogP contribution is 2.24. The van der Waals surface area contributed by atoms with Crippen LogP contribution in [0.1, 0.15) is 24.2 Å². The molecule has 0 bridgehead atoms. The number of nitro groups is 1. The number of aliphatic hydroxyl groups is 1. The van der Waals surface area contributed by atoms with Crippen molar-refractivity contribution in [1.82, 2.24) is 5.32 Å². The molecule has 1 rings (SSSR count). The first-order valence-electron chi connectivity index (χ1n) is 6.15. The number of rotatable bonds is 6. The van der Waals surface area contributed by atoms with Crippen LogP contribution in [0.2, 0.25) is 0 Å². The predicted octanol–water partition coefficient (Wildman–Crippen LogP) is 1.35. The number of carbonyl (C=O) groups is 1. The summed E-state index contributed by atoms with van der Waals surface area (Å²) in [7, 11) is 1.33. The molecule has 2 N–H and O–H groups in total. The monoisotopic (exact) mass is 282 g/mol. The molecular weight excluding hydrogens is 264 g/mol. The summed E-state index contributed by atoms with van der Waals surface area (Å²) >= 11 is 0. The van der Waals surface area contributed by atoms with Crippen LogP contribution in [0.5, 0.6) is 5.75 Å². The summed E-state index contributed by atoms with van der Waals surface area (Å²) in [6.07, 6.45) is -0.650. The molecule has 0 radical (unpaired) electrons. The molecule has 1 atom stereocenters. The summed E-state index contributed by atoms with van der Waals surface area (Å²) in [4.78, 5) is 22.1. The van der Waals surface area contributed by atoms with Crippen molar-refractivity contribution < 1.29 is 19.6 Å². The number of benzene rings is 1. The number of methoxy groups -OCH3 is 1. The van der Waals surface area contributed by atoms with Crippen molar-refractivity contribution in [3.05, 3.63) is 33.9 Å². The van der Waals surface area contributed by atoms with E-state index in [2.05, 4.69) is 5.32 Å². The van der Waals surface area contributed by atoms with Gasteiger partial charge in [0.1, 0.15) is 5.75 Å². The SMILES string of the molecule is COc1cc([N+](=O)[O-])ccc1C(=O)NCC(O)C(C)C. The number of nitro benzene ring substituents is 1. The third-order valence-corrected chi connectivity index (χ3v) is 2.88. The number of carbonyl (C=O) groups excluding carboxylic acids is 1. The molecule has 0 saturated carbocycles. The van der Waals surface area contributed by atoms with Gasteiger partial charge in [-0.15, -0.1) is 0 Å². The first-order valence-corrected chi connectivity index (χ1v) is 6.15. The number of nitrogens with one attached hydrogen (secondary N) is 1. The minimum absolute atomic E-state index is 0.0223. The highest BCUT2D eigenvalue weighted by atomic mass is 16.6. The van der Waals surface area contributed by atoms with Gasteiger partial charge >= 0.3 is 0 Å². The van der Waals surface area contributed by atoms with E-state index >= 15 is 0 Å². The smallest absolute Gasteiger partial charge is 0.273 e. The van der Waals surface area contributed by atoms with Gasteiger partial charge in [0.2, 0.25) is 0 Å². The second-order valence-corrected chi connectivity index (χ2v) is 4.66. The van der Waals surface area contributed by atoms with Gasteiger partial charge in [-0.05, 0) is 12.0 Å². The number of amides is 1. The van der Waals surface area contributed by atoms with Crippen LogP contribution in [0.3, 0.4) is 0 Å². The van der Waals surface area contributed by atoms with Gasteiger partial charge < -0.3 is 15.2 Å². The molecule has 0 aromatic heterocycles. The minimum Gasteiger partial charge on any atom is -0.496 e. The largest absolute Gasteiger partial charge is 0.496 e. The van der Waals surface area contributed by atoms with E-state index in [0.717, 1.165) is 0 Å². The number of ether oxygens (including phenoxy) is 1. The molecule has 0 aliphatic rings. The van der Waals surface area contributed by atoms with E-state index in [4.69, 9.17) is 4.74 Å². The first kappa shape index (κ1) is 15.9. The Hall–Kier alpha value is -2.15. The van der Waals surface area contributed by atoms with E-state index in [-0.39, 0.29) is 29.5 Å². The van der Waals surface area contributed by atoms with Crippen molar-refractivity contribution in [2.24, 2.45) is 5.92 Å². The Labute approximate surface area is 116 Å². The van der Waals surface area contributed by atoms with Crippen molar-refractivity contribution in [3.8, 4) is 5.75 Å². The molecule has 110 valence electrons. The van der Waals surface area contributed by atoms with E-state index in [1.165, 1.54) is 25.3 Å². The molecule has 0 heterocycles. The van der Waals surface area contributed by atoms with Gasteiger partial charge in [0.25, 0.3) is 11.6 Å². The molecule has 1 aromatic rings. The van der Waals surface area contributed by atoms with E-state index in [9.17, 15) is 20.0 Å². The Morgan fingerprint density at radius 1 is 1.50 bits per heavy atom. The quantitative estimate of drug-likeness (QED) is 0.605. The highest BCUT2D eigenvalue weighted by molar-refractivity contribution is 5.97. The third-order valence-electron chi connectivity index (χ3n) is 2.88. The van der Waals surface area contributed by atoms with Crippen molar-refractivity contribution in [1.29, 1.82) is 0 Å². The van der Waals surface area contributed by atoms with Crippen LogP contribution in [0.15, 0.2) is 18.2 Å². The predicted molar refractivity (Wildman–Crippen MR) is 72.8 cm³/mol. The van der Waals surface area contributed by atoms with Gasteiger partial charge in [0, 0.05) is 12.6 Å². The Morgan fingerprint density at radius 2 is 2.15 bits per heavy atom. The zero-order valence-corrected chi connectivity index (χ0v) is 11.6. The Morgan fingerprint density at radius 3 is 2.65 bits per heavy atom. The topological polar surface area (TPSA) is 102 Å².